The third kappa shape index (κ3) is 3.24. The van der Waals surface area contributed by atoms with Crippen LogP contribution in [0.2, 0.25) is 0 Å². The third-order valence-electron chi connectivity index (χ3n) is 0.736. The molecule has 0 aromatic carbocycles. The molecule has 0 heterocycles. The number of thioether (sulfide) groups is 1. The smallest absolute Gasteiger partial charge is 0.339 e. The van der Waals surface area contributed by atoms with Gasteiger partial charge in [0.1, 0.15) is 5.04 Å². The Kier molecular flexibility index (Phi) is 4.57. The van der Waals surface area contributed by atoms with Crippen LogP contribution < -0.4 is 5.32 Å². The molecule has 0 aromatic rings. The molecule has 2 amide bonds. The Morgan fingerprint density at radius 1 is 1.70 bits per heavy atom. The van der Waals surface area contributed by atoms with Crippen LogP contribution in [0, 0.1) is 0 Å². The van der Waals surface area contributed by atoms with E-state index in [-0.39, 0.29) is 5.04 Å². The van der Waals surface area contributed by atoms with Crippen molar-refractivity contribution >= 4 is 29.1 Å². The van der Waals surface area contributed by atoms with Crippen molar-refractivity contribution in [3.8, 4) is 0 Å². The van der Waals surface area contributed by atoms with Crippen LogP contribution >= 0.6 is 11.8 Å². The fourth-order valence-electron chi connectivity index (χ4n) is 0.276. The molecule has 0 rings (SSSR count). The van der Waals surface area contributed by atoms with E-state index in [1.54, 1.807) is 6.26 Å². The number of nitrogens with one attached hydrogen (secondary N) is 1. The molecule has 56 valence electrons. The average molecular weight is 160 g/mol. The molecule has 0 saturated carbocycles. The van der Waals surface area contributed by atoms with Crippen molar-refractivity contribution in [1.29, 1.82) is 0 Å². The summed E-state index contributed by atoms with van der Waals surface area (Å²) in [6, 6.07) is -0.503. The van der Waals surface area contributed by atoms with Crippen LogP contribution in [0.5, 0.6) is 0 Å². The highest BCUT2D eigenvalue weighted by Gasteiger charge is 1.96. The Labute approximate surface area is 63.1 Å². The fraction of sp³-hybridized carbons (Fsp3) is 0.400. The summed E-state index contributed by atoms with van der Waals surface area (Å²) in [4.78, 5) is 23.9. The van der Waals surface area contributed by atoms with Crippen LogP contribution in [0.1, 0.15) is 0 Å². The van der Waals surface area contributed by atoms with Crippen molar-refractivity contribution in [2.45, 2.75) is 0 Å². The van der Waals surface area contributed by atoms with E-state index in [2.05, 4.69) is 10.3 Å². The third-order valence-corrected chi connectivity index (χ3v) is 1.34. The topological polar surface area (TPSA) is 58.5 Å². The number of hydrogen-bond acceptors (Lipinski definition) is 3. The Morgan fingerprint density at radius 2 is 2.30 bits per heavy atom. The van der Waals surface area contributed by atoms with Gasteiger partial charge in [-0.1, -0.05) is 0 Å². The number of amides is 2. The van der Waals surface area contributed by atoms with Crippen molar-refractivity contribution in [3.63, 3.8) is 0 Å². The van der Waals surface area contributed by atoms with Crippen LogP contribution in [0.25, 0.3) is 0 Å². The molecule has 0 unspecified atom stereocenters. The monoisotopic (exact) mass is 160 g/mol. The van der Waals surface area contributed by atoms with Crippen molar-refractivity contribution in [2.75, 3.05) is 13.3 Å². The van der Waals surface area contributed by atoms with E-state index in [0.29, 0.717) is 6.29 Å². The molecule has 4 nitrogen and oxygen atoms in total. The molecule has 1 N–H and O–H groups in total. The standard InChI is InChI=1S/C5H8N2O2S/c1-6-5(9)7-4(3-8)10-2/h3H,1-2H3,(H,6,9). The number of hydrogen-bond donors (Lipinski definition) is 1. The van der Waals surface area contributed by atoms with Gasteiger partial charge in [-0.15, -0.1) is 11.8 Å². The molecule has 0 fully saturated rings. The minimum absolute atomic E-state index is 0.180. The molecule has 0 radical (unpaired) electrons. The first-order chi connectivity index (χ1) is 4.74. The lowest BCUT2D eigenvalue weighted by molar-refractivity contribution is -0.102. The summed E-state index contributed by atoms with van der Waals surface area (Å²) in [6.45, 7) is 0. The highest BCUT2D eigenvalue weighted by Crippen LogP contribution is 1.94. The van der Waals surface area contributed by atoms with Gasteiger partial charge in [-0.2, -0.15) is 4.99 Å². The summed E-state index contributed by atoms with van der Waals surface area (Å²) in [7, 11) is 1.45. The van der Waals surface area contributed by atoms with Gasteiger partial charge in [0.15, 0.2) is 6.29 Å². The second-order valence-corrected chi connectivity index (χ2v) is 2.15. The first-order valence-corrected chi connectivity index (χ1v) is 3.76. The average Bonchev–Trinajstić information content (AvgIpc) is 1.99. The van der Waals surface area contributed by atoms with Crippen LogP contribution in [-0.4, -0.2) is 30.7 Å². The minimum atomic E-state index is -0.503. The van der Waals surface area contributed by atoms with E-state index in [1.807, 2.05) is 0 Å². The number of aldehydes is 1. The lowest BCUT2D eigenvalue weighted by Gasteiger charge is -1.91. The van der Waals surface area contributed by atoms with Crippen molar-refractivity contribution < 1.29 is 9.59 Å². The van der Waals surface area contributed by atoms with Crippen molar-refractivity contribution in [3.05, 3.63) is 0 Å². The number of urea groups is 1. The normalized spacial score (nSPS) is 10.8. The maximum atomic E-state index is 10.5. The first kappa shape index (κ1) is 9.16. The van der Waals surface area contributed by atoms with Gasteiger partial charge in [0.2, 0.25) is 0 Å². The zero-order chi connectivity index (χ0) is 7.98. The summed E-state index contributed by atoms with van der Waals surface area (Å²) in [6.07, 6.45) is 2.22. The summed E-state index contributed by atoms with van der Waals surface area (Å²) in [5.41, 5.74) is 0. The SMILES string of the molecule is CNC(=O)N=C(C=O)SC. The van der Waals surface area contributed by atoms with Gasteiger partial charge < -0.3 is 5.32 Å². The van der Waals surface area contributed by atoms with Crippen LogP contribution in [0.15, 0.2) is 4.99 Å². The molecule has 0 atom stereocenters. The largest absolute Gasteiger partial charge is 0.341 e. The van der Waals surface area contributed by atoms with E-state index >= 15 is 0 Å². The van der Waals surface area contributed by atoms with Crippen LogP contribution in [-0.2, 0) is 4.79 Å². The first-order valence-electron chi connectivity index (χ1n) is 2.54. The summed E-state index contributed by atoms with van der Waals surface area (Å²) in [5, 5.41) is 2.45. The molecule has 0 aliphatic heterocycles. The molecule has 0 aromatic heterocycles. The Bertz CT molecular complexity index is 167. The molecule has 10 heavy (non-hydrogen) atoms. The van der Waals surface area contributed by atoms with E-state index < -0.39 is 6.03 Å². The van der Waals surface area contributed by atoms with Gasteiger partial charge in [0.25, 0.3) is 0 Å². The zero-order valence-electron chi connectivity index (χ0n) is 5.75. The molecule has 0 saturated heterocycles. The number of aliphatic imine (C=N–C) groups is 1. The zero-order valence-corrected chi connectivity index (χ0v) is 6.57. The van der Waals surface area contributed by atoms with Gasteiger partial charge in [0.05, 0.1) is 0 Å². The fourth-order valence-corrected chi connectivity index (χ4v) is 0.547. The van der Waals surface area contributed by atoms with Crippen LogP contribution in [0.3, 0.4) is 0 Å². The number of carbonyl (C=O) groups is 2. The number of nitrogens with zero attached hydrogens (tertiary/aromatic N) is 1. The molecular weight excluding hydrogens is 152 g/mol. The molecule has 0 aliphatic rings. The van der Waals surface area contributed by atoms with Crippen molar-refractivity contribution in [1.82, 2.24) is 5.32 Å². The van der Waals surface area contributed by atoms with E-state index in [1.165, 1.54) is 7.05 Å². The lowest BCUT2D eigenvalue weighted by Crippen LogP contribution is -2.14. The van der Waals surface area contributed by atoms with Crippen molar-refractivity contribution in [2.24, 2.45) is 4.99 Å². The quantitative estimate of drug-likeness (QED) is 0.340. The van der Waals surface area contributed by atoms with E-state index in [9.17, 15) is 9.59 Å². The van der Waals surface area contributed by atoms with E-state index in [0.717, 1.165) is 11.8 Å². The Balaban J connectivity index is 4.09. The van der Waals surface area contributed by atoms with Gasteiger partial charge in [-0.3, -0.25) is 4.79 Å². The highest BCUT2D eigenvalue weighted by molar-refractivity contribution is 8.14. The summed E-state index contributed by atoms with van der Waals surface area (Å²) >= 11 is 1.13. The second kappa shape index (κ2) is 4.99. The maximum absolute atomic E-state index is 10.5. The lowest BCUT2D eigenvalue weighted by atomic mass is 10.8. The summed E-state index contributed by atoms with van der Waals surface area (Å²) < 4.78 is 0. The molecule has 0 bridgehead atoms. The van der Waals surface area contributed by atoms with Gasteiger partial charge in [0, 0.05) is 7.05 Å². The molecular formula is C5H8N2O2S. The molecule has 0 aliphatic carbocycles. The number of carbonyl (C=O) groups excluding carboxylic acids is 2. The highest BCUT2D eigenvalue weighted by atomic mass is 32.2. The Hall–Kier alpha value is -0.840. The van der Waals surface area contributed by atoms with Gasteiger partial charge in [-0.25, -0.2) is 4.79 Å². The minimum Gasteiger partial charge on any atom is -0.339 e. The van der Waals surface area contributed by atoms with Gasteiger partial charge >= 0.3 is 6.03 Å². The van der Waals surface area contributed by atoms with Crippen LogP contribution in [0.4, 0.5) is 4.79 Å². The second-order valence-electron chi connectivity index (χ2n) is 1.33. The Morgan fingerprint density at radius 3 is 2.60 bits per heavy atom. The predicted octanol–water partition coefficient (Wildman–Crippen LogP) is 0.286. The maximum Gasteiger partial charge on any atom is 0.341 e. The predicted molar refractivity (Wildman–Crippen MR) is 41.5 cm³/mol. The van der Waals surface area contributed by atoms with Gasteiger partial charge in [-0.05, 0) is 6.26 Å². The van der Waals surface area contributed by atoms with E-state index in [4.69, 9.17) is 0 Å². The molecule has 0 spiro atoms. The summed E-state index contributed by atoms with van der Waals surface area (Å²) in [5.74, 6) is 0. The number of rotatable bonds is 1. The molecule has 5 heteroatoms.